The molecule has 0 aliphatic carbocycles. The van der Waals surface area contributed by atoms with E-state index in [1.165, 1.54) is 11.1 Å². The lowest BCUT2D eigenvalue weighted by Gasteiger charge is -2.09. The zero-order chi connectivity index (χ0) is 13.8. The Bertz CT molecular complexity index is 552. The minimum absolute atomic E-state index is 0.265. The molecule has 0 amide bonds. The summed E-state index contributed by atoms with van der Waals surface area (Å²) in [7, 11) is 0. The molecule has 0 radical (unpaired) electrons. The largest absolute Gasteiger partial charge is 0.368 e. The highest BCUT2D eigenvalue weighted by Gasteiger charge is 2.03. The zero-order valence-corrected chi connectivity index (χ0v) is 12.6. The second-order valence-electron chi connectivity index (χ2n) is 4.67. The van der Waals surface area contributed by atoms with Gasteiger partial charge in [-0.2, -0.15) is 4.98 Å². The molecule has 2 rings (SSSR count). The fourth-order valence-electron chi connectivity index (χ4n) is 1.71. The van der Waals surface area contributed by atoms with Crippen molar-refractivity contribution < 1.29 is 0 Å². The number of benzene rings is 1. The lowest BCUT2D eigenvalue weighted by Crippen LogP contribution is -2.05. The molecule has 0 unspecified atom stereocenters. The average Bonchev–Trinajstić information content (AvgIpc) is 2.40. The van der Waals surface area contributed by atoms with E-state index < -0.39 is 0 Å². The van der Waals surface area contributed by atoms with E-state index in [9.17, 15) is 0 Å². The van der Waals surface area contributed by atoms with E-state index in [-0.39, 0.29) is 5.95 Å². The van der Waals surface area contributed by atoms with Crippen LogP contribution in [-0.2, 0) is 6.54 Å². The zero-order valence-electron chi connectivity index (χ0n) is 11.0. The lowest BCUT2D eigenvalue weighted by atomic mass is 10.0. The number of aromatic nitrogens is 2. The molecule has 1 heterocycles. The van der Waals surface area contributed by atoms with Crippen molar-refractivity contribution in [2.45, 2.75) is 26.3 Å². The van der Waals surface area contributed by atoms with Crippen LogP contribution in [0.3, 0.4) is 0 Å². The van der Waals surface area contributed by atoms with Gasteiger partial charge in [0.15, 0.2) is 0 Å². The summed E-state index contributed by atoms with van der Waals surface area (Å²) in [6.07, 6.45) is 1.65. The van der Waals surface area contributed by atoms with Gasteiger partial charge in [0.05, 0.1) is 4.47 Å². The Kier molecular flexibility index (Phi) is 4.37. The first-order valence-corrected chi connectivity index (χ1v) is 6.96. The predicted molar refractivity (Wildman–Crippen MR) is 82.0 cm³/mol. The SMILES string of the molecule is CC(C)c1ccc(CNc2nc(N)ncc2Br)cc1. The Labute approximate surface area is 121 Å². The summed E-state index contributed by atoms with van der Waals surface area (Å²) in [4.78, 5) is 8.05. The van der Waals surface area contributed by atoms with Gasteiger partial charge in [-0.05, 0) is 33.0 Å². The summed E-state index contributed by atoms with van der Waals surface area (Å²) in [6.45, 7) is 5.08. The van der Waals surface area contributed by atoms with Crippen molar-refractivity contribution >= 4 is 27.7 Å². The van der Waals surface area contributed by atoms with Crippen LogP contribution in [0.1, 0.15) is 30.9 Å². The fraction of sp³-hybridized carbons (Fsp3) is 0.286. The fourth-order valence-corrected chi connectivity index (χ4v) is 2.04. The molecule has 0 bridgehead atoms. The third-order valence-corrected chi connectivity index (χ3v) is 3.45. The van der Waals surface area contributed by atoms with E-state index >= 15 is 0 Å². The molecule has 4 nitrogen and oxygen atoms in total. The molecule has 1 aromatic heterocycles. The van der Waals surface area contributed by atoms with E-state index in [4.69, 9.17) is 5.73 Å². The molecule has 3 N–H and O–H groups in total. The summed E-state index contributed by atoms with van der Waals surface area (Å²) in [5.41, 5.74) is 8.11. The van der Waals surface area contributed by atoms with Crippen LogP contribution < -0.4 is 11.1 Å². The summed E-state index contributed by atoms with van der Waals surface area (Å²) >= 11 is 3.39. The maximum absolute atomic E-state index is 5.57. The van der Waals surface area contributed by atoms with E-state index in [0.717, 1.165) is 4.47 Å². The van der Waals surface area contributed by atoms with E-state index in [2.05, 4.69) is 69.3 Å². The maximum atomic E-state index is 5.57. The molecule has 0 fully saturated rings. The number of nitrogen functional groups attached to an aromatic ring is 1. The van der Waals surface area contributed by atoms with Crippen LogP contribution in [0.2, 0.25) is 0 Å². The smallest absolute Gasteiger partial charge is 0.221 e. The minimum Gasteiger partial charge on any atom is -0.368 e. The molecule has 0 saturated heterocycles. The van der Waals surface area contributed by atoms with Gasteiger partial charge < -0.3 is 11.1 Å². The Morgan fingerprint density at radius 3 is 2.58 bits per heavy atom. The van der Waals surface area contributed by atoms with Gasteiger partial charge in [0.2, 0.25) is 5.95 Å². The highest BCUT2D eigenvalue weighted by Crippen LogP contribution is 2.20. The Morgan fingerprint density at radius 1 is 1.26 bits per heavy atom. The van der Waals surface area contributed by atoms with Crippen LogP contribution in [0.5, 0.6) is 0 Å². The monoisotopic (exact) mass is 320 g/mol. The topological polar surface area (TPSA) is 63.8 Å². The number of hydrogen-bond acceptors (Lipinski definition) is 4. The second kappa shape index (κ2) is 6.02. The molecule has 5 heteroatoms. The van der Waals surface area contributed by atoms with Crippen molar-refractivity contribution in [2.75, 3.05) is 11.1 Å². The predicted octanol–water partition coefficient (Wildman–Crippen LogP) is 3.56. The molecule has 0 atom stereocenters. The molecule has 19 heavy (non-hydrogen) atoms. The van der Waals surface area contributed by atoms with Gasteiger partial charge >= 0.3 is 0 Å². The molecule has 0 spiro atoms. The quantitative estimate of drug-likeness (QED) is 0.904. The number of nitrogens with one attached hydrogen (secondary N) is 1. The highest BCUT2D eigenvalue weighted by molar-refractivity contribution is 9.10. The second-order valence-corrected chi connectivity index (χ2v) is 5.53. The van der Waals surface area contributed by atoms with E-state index in [0.29, 0.717) is 18.3 Å². The van der Waals surface area contributed by atoms with Crippen molar-refractivity contribution in [3.63, 3.8) is 0 Å². The molecule has 0 aliphatic rings. The molecule has 1 aromatic carbocycles. The van der Waals surface area contributed by atoms with E-state index in [1.807, 2.05) is 0 Å². The molecule has 2 aromatic rings. The number of rotatable bonds is 4. The van der Waals surface area contributed by atoms with Crippen LogP contribution in [0.25, 0.3) is 0 Å². The number of nitrogens with zero attached hydrogens (tertiary/aromatic N) is 2. The summed E-state index contributed by atoms with van der Waals surface area (Å²) in [5.74, 6) is 1.53. The van der Waals surface area contributed by atoms with Crippen LogP contribution in [0, 0.1) is 0 Å². The molecule has 100 valence electrons. The number of hydrogen-bond donors (Lipinski definition) is 2. The van der Waals surface area contributed by atoms with Gasteiger partial charge in [-0.3, -0.25) is 0 Å². The highest BCUT2D eigenvalue weighted by atomic mass is 79.9. The van der Waals surface area contributed by atoms with E-state index in [1.54, 1.807) is 6.20 Å². The van der Waals surface area contributed by atoms with Gasteiger partial charge in [-0.25, -0.2) is 4.98 Å². The normalized spacial score (nSPS) is 10.7. The van der Waals surface area contributed by atoms with Gasteiger partial charge in [0.1, 0.15) is 5.82 Å². The third kappa shape index (κ3) is 3.67. The number of halogens is 1. The molecular weight excluding hydrogens is 304 g/mol. The van der Waals surface area contributed by atoms with Crippen LogP contribution in [-0.4, -0.2) is 9.97 Å². The summed E-state index contributed by atoms with van der Waals surface area (Å²) in [6, 6.07) is 8.57. The van der Waals surface area contributed by atoms with Crippen molar-refractivity contribution in [1.82, 2.24) is 9.97 Å². The maximum Gasteiger partial charge on any atom is 0.221 e. The van der Waals surface area contributed by atoms with Crippen molar-refractivity contribution in [3.05, 3.63) is 46.1 Å². The Morgan fingerprint density at radius 2 is 1.95 bits per heavy atom. The first-order chi connectivity index (χ1) is 9.06. The van der Waals surface area contributed by atoms with Crippen molar-refractivity contribution in [3.8, 4) is 0 Å². The molecular formula is C14H17BrN4. The Balaban J connectivity index is 2.04. The van der Waals surface area contributed by atoms with Gasteiger partial charge in [-0.1, -0.05) is 38.1 Å². The van der Waals surface area contributed by atoms with Crippen LogP contribution >= 0.6 is 15.9 Å². The van der Waals surface area contributed by atoms with Crippen LogP contribution in [0.15, 0.2) is 34.9 Å². The number of anilines is 2. The standard InChI is InChI=1S/C14H17BrN4/c1-9(2)11-5-3-10(4-6-11)7-17-13-12(15)8-18-14(16)19-13/h3-6,8-9H,7H2,1-2H3,(H3,16,17,18,19). The third-order valence-electron chi connectivity index (χ3n) is 2.87. The van der Waals surface area contributed by atoms with Gasteiger partial charge in [-0.15, -0.1) is 0 Å². The molecule has 0 saturated carbocycles. The summed E-state index contributed by atoms with van der Waals surface area (Å²) < 4.78 is 0.806. The van der Waals surface area contributed by atoms with Crippen LogP contribution in [0.4, 0.5) is 11.8 Å². The lowest BCUT2D eigenvalue weighted by molar-refractivity contribution is 0.865. The number of nitrogens with two attached hydrogens (primary N) is 1. The molecule has 0 aliphatic heterocycles. The summed E-state index contributed by atoms with van der Waals surface area (Å²) in [5, 5.41) is 3.24. The van der Waals surface area contributed by atoms with Gasteiger partial charge in [0, 0.05) is 12.7 Å². The average molecular weight is 321 g/mol. The van der Waals surface area contributed by atoms with Crippen molar-refractivity contribution in [2.24, 2.45) is 0 Å². The van der Waals surface area contributed by atoms with Crippen molar-refractivity contribution in [1.29, 1.82) is 0 Å². The first-order valence-electron chi connectivity index (χ1n) is 6.17. The first kappa shape index (κ1) is 13.8. The van der Waals surface area contributed by atoms with Gasteiger partial charge in [0.25, 0.3) is 0 Å². The Hall–Kier alpha value is -1.62. The minimum atomic E-state index is 0.265.